The summed E-state index contributed by atoms with van der Waals surface area (Å²) in [6.07, 6.45) is 3.78. The van der Waals surface area contributed by atoms with Gasteiger partial charge >= 0.3 is 5.97 Å². The first-order valence-corrected chi connectivity index (χ1v) is 6.51. The molecule has 1 aliphatic heterocycles. The number of carboxylic acid groups (broad SMARTS) is 1. The molecule has 2 heterocycles. The summed E-state index contributed by atoms with van der Waals surface area (Å²) in [6, 6.07) is 3.19. The molecule has 0 radical (unpaired) electrons. The standard InChI is InChI=1S/C13H20N2O3/c16-13(17)12-5-4-11(18-12)10-14-6-3-9-15-7-1-2-8-15/h4-5,14H,1-3,6-10H2,(H,16,17). The van der Waals surface area contributed by atoms with E-state index >= 15 is 0 Å². The summed E-state index contributed by atoms with van der Waals surface area (Å²) in [7, 11) is 0. The van der Waals surface area contributed by atoms with E-state index in [9.17, 15) is 4.79 Å². The maximum atomic E-state index is 10.6. The molecule has 1 aromatic rings. The van der Waals surface area contributed by atoms with Crippen molar-refractivity contribution in [3.8, 4) is 0 Å². The van der Waals surface area contributed by atoms with Gasteiger partial charge in [-0.1, -0.05) is 0 Å². The van der Waals surface area contributed by atoms with Gasteiger partial charge < -0.3 is 19.7 Å². The first-order valence-electron chi connectivity index (χ1n) is 6.51. The van der Waals surface area contributed by atoms with Crippen LogP contribution >= 0.6 is 0 Å². The van der Waals surface area contributed by atoms with Crippen molar-refractivity contribution >= 4 is 5.97 Å². The third-order valence-electron chi connectivity index (χ3n) is 3.20. The molecule has 18 heavy (non-hydrogen) atoms. The molecule has 0 bridgehead atoms. The monoisotopic (exact) mass is 252 g/mol. The zero-order valence-electron chi connectivity index (χ0n) is 10.5. The van der Waals surface area contributed by atoms with Crippen molar-refractivity contribution in [1.82, 2.24) is 10.2 Å². The molecule has 0 unspecified atom stereocenters. The molecule has 1 aliphatic rings. The Balaban J connectivity index is 1.58. The van der Waals surface area contributed by atoms with Gasteiger partial charge in [0.15, 0.2) is 0 Å². The lowest BCUT2D eigenvalue weighted by Crippen LogP contribution is -2.24. The fraction of sp³-hybridized carbons (Fsp3) is 0.615. The molecule has 2 N–H and O–H groups in total. The van der Waals surface area contributed by atoms with E-state index in [1.165, 1.54) is 32.0 Å². The molecule has 5 nitrogen and oxygen atoms in total. The van der Waals surface area contributed by atoms with E-state index in [1.807, 2.05) is 0 Å². The Morgan fingerprint density at radius 1 is 1.39 bits per heavy atom. The SMILES string of the molecule is O=C(O)c1ccc(CNCCCN2CCCC2)o1. The second-order valence-corrected chi connectivity index (χ2v) is 4.65. The van der Waals surface area contributed by atoms with Crippen LogP contribution in [0.1, 0.15) is 35.6 Å². The summed E-state index contributed by atoms with van der Waals surface area (Å²) < 4.78 is 5.15. The van der Waals surface area contributed by atoms with E-state index in [1.54, 1.807) is 6.07 Å². The van der Waals surface area contributed by atoms with Gasteiger partial charge in [0, 0.05) is 0 Å². The molecular weight excluding hydrogens is 232 g/mol. The molecular formula is C13H20N2O3. The van der Waals surface area contributed by atoms with E-state index in [0.29, 0.717) is 12.3 Å². The zero-order chi connectivity index (χ0) is 12.8. The number of furan rings is 1. The largest absolute Gasteiger partial charge is 0.475 e. The van der Waals surface area contributed by atoms with Gasteiger partial charge in [-0.3, -0.25) is 0 Å². The smallest absolute Gasteiger partial charge is 0.371 e. The van der Waals surface area contributed by atoms with Crippen LogP contribution in [0.15, 0.2) is 16.5 Å². The molecule has 0 amide bonds. The zero-order valence-corrected chi connectivity index (χ0v) is 10.5. The van der Waals surface area contributed by atoms with Crippen LogP contribution in [0.2, 0.25) is 0 Å². The number of hydrogen-bond acceptors (Lipinski definition) is 4. The number of likely N-dealkylation sites (tertiary alicyclic amines) is 1. The van der Waals surface area contributed by atoms with Crippen LogP contribution in [-0.2, 0) is 6.54 Å². The van der Waals surface area contributed by atoms with E-state index in [0.717, 1.165) is 19.5 Å². The van der Waals surface area contributed by atoms with Gasteiger partial charge in [-0.25, -0.2) is 4.79 Å². The van der Waals surface area contributed by atoms with Crippen LogP contribution in [0.25, 0.3) is 0 Å². The van der Waals surface area contributed by atoms with Gasteiger partial charge in [-0.05, 0) is 57.6 Å². The molecule has 2 rings (SSSR count). The molecule has 0 atom stereocenters. The molecule has 1 saturated heterocycles. The fourth-order valence-electron chi connectivity index (χ4n) is 2.23. The minimum absolute atomic E-state index is 0.00358. The van der Waals surface area contributed by atoms with Crippen molar-refractivity contribution in [2.75, 3.05) is 26.2 Å². The van der Waals surface area contributed by atoms with Crippen LogP contribution in [0.5, 0.6) is 0 Å². The summed E-state index contributed by atoms with van der Waals surface area (Å²) in [6.45, 7) is 5.14. The summed E-state index contributed by atoms with van der Waals surface area (Å²) in [5, 5.41) is 12.0. The van der Waals surface area contributed by atoms with Crippen LogP contribution in [0.3, 0.4) is 0 Å². The fourth-order valence-corrected chi connectivity index (χ4v) is 2.23. The highest BCUT2D eigenvalue weighted by Gasteiger charge is 2.10. The van der Waals surface area contributed by atoms with Gasteiger partial charge in [0.05, 0.1) is 6.54 Å². The number of carbonyl (C=O) groups is 1. The highest BCUT2D eigenvalue weighted by Crippen LogP contribution is 2.08. The highest BCUT2D eigenvalue weighted by molar-refractivity contribution is 5.84. The second kappa shape index (κ2) is 6.56. The number of carboxylic acids is 1. The van der Waals surface area contributed by atoms with Gasteiger partial charge in [0.25, 0.3) is 0 Å². The Labute approximate surface area is 107 Å². The normalized spacial score (nSPS) is 16.2. The Bertz CT molecular complexity index is 383. The third-order valence-corrected chi connectivity index (χ3v) is 3.20. The Morgan fingerprint density at radius 2 is 2.17 bits per heavy atom. The molecule has 0 aromatic carbocycles. The predicted molar refractivity (Wildman–Crippen MR) is 67.7 cm³/mol. The van der Waals surface area contributed by atoms with Crippen molar-refractivity contribution < 1.29 is 14.3 Å². The lowest BCUT2D eigenvalue weighted by Gasteiger charge is -2.13. The van der Waals surface area contributed by atoms with Crippen molar-refractivity contribution in [1.29, 1.82) is 0 Å². The van der Waals surface area contributed by atoms with Crippen LogP contribution in [0, 0.1) is 0 Å². The van der Waals surface area contributed by atoms with Crippen molar-refractivity contribution in [3.63, 3.8) is 0 Å². The summed E-state index contributed by atoms with van der Waals surface area (Å²) >= 11 is 0. The predicted octanol–water partition coefficient (Wildman–Crippen LogP) is 1.55. The maximum absolute atomic E-state index is 10.6. The lowest BCUT2D eigenvalue weighted by molar-refractivity contribution is 0.0660. The average molecular weight is 252 g/mol. The molecule has 1 aromatic heterocycles. The third kappa shape index (κ3) is 3.85. The van der Waals surface area contributed by atoms with Crippen molar-refractivity contribution in [3.05, 3.63) is 23.7 Å². The van der Waals surface area contributed by atoms with Crippen LogP contribution < -0.4 is 5.32 Å². The molecule has 0 aliphatic carbocycles. The van der Waals surface area contributed by atoms with Gasteiger partial charge in [-0.15, -0.1) is 0 Å². The number of nitrogens with one attached hydrogen (secondary N) is 1. The van der Waals surface area contributed by atoms with E-state index < -0.39 is 5.97 Å². The van der Waals surface area contributed by atoms with Crippen molar-refractivity contribution in [2.24, 2.45) is 0 Å². The lowest BCUT2D eigenvalue weighted by atomic mass is 10.3. The minimum atomic E-state index is -1.02. The molecule has 0 spiro atoms. The summed E-state index contributed by atoms with van der Waals surface area (Å²) in [5.41, 5.74) is 0. The minimum Gasteiger partial charge on any atom is -0.475 e. The number of nitrogens with zero attached hydrogens (tertiary/aromatic N) is 1. The average Bonchev–Trinajstić information content (AvgIpc) is 2.98. The molecule has 100 valence electrons. The quantitative estimate of drug-likeness (QED) is 0.721. The first-order chi connectivity index (χ1) is 8.75. The Hall–Kier alpha value is -1.33. The van der Waals surface area contributed by atoms with Crippen LogP contribution in [-0.4, -0.2) is 42.2 Å². The topological polar surface area (TPSA) is 65.7 Å². The van der Waals surface area contributed by atoms with Crippen molar-refractivity contribution in [2.45, 2.75) is 25.8 Å². The summed E-state index contributed by atoms with van der Waals surface area (Å²) in [4.78, 5) is 13.1. The van der Waals surface area contributed by atoms with Gasteiger partial charge in [0.1, 0.15) is 5.76 Å². The Morgan fingerprint density at radius 3 is 2.83 bits per heavy atom. The first kappa shape index (κ1) is 13.1. The van der Waals surface area contributed by atoms with Crippen LogP contribution in [0.4, 0.5) is 0 Å². The molecule has 0 saturated carbocycles. The van der Waals surface area contributed by atoms with E-state index in [-0.39, 0.29) is 5.76 Å². The molecule has 1 fully saturated rings. The highest BCUT2D eigenvalue weighted by atomic mass is 16.4. The van der Waals surface area contributed by atoms with E-state index in [2.05, 4.69) is 10.2 Å². The molecule has 5 heteroatoms. The number of rotatable bonds is 7. The summed E-state index contributed by atoms with van der Waals surface area (Å²) in [5.74, 6) is -0.340. The van der Waals surface area contributed by atoms with Gasteiger partial charge in [-0.2, -0.15) is 0 Å². The number of hydrogen-bond donors (Lipinski definition) is 2. The van der Waals surface area contributed by atoms with E-state index in [4.69, 9.17) is 9.52 Å². The maximum Gasteiger partial charge on any atom is 0.371 e. The number of aromatic carboxylic acids is 1. The van der Waals surface area contributed by atoms with Gasteiger partial charge in [0.2, 0.25) is 5.76 Å². The Kier molecular flexibility index (Phi) is 4.78. The second-order valence-electron chi connectivity index (χ2n) is 4.65.